The van der Waals surface area contributed by atoms with Gasteiger partial charge >= 0.3 is 0 Å². The molecule has 0 saturated carbocycles. The van der Waals surface area contributed by atoms with Crippen LogP contribution in [0.5, 0.6) is 0 Å². The average molecular weight is 295 g/mol. The summed E-state index contributed by atoms with van der Waals surface area (Å²) in [6, 6.07) is 11.3. The molecule has 0 heterocycles. The molecule has 1 aliphatic rings. The average Bonchev–Trinajstić information content (AvgIpc) is 2.76. The van der Waals surface area contributed by atoms with E-state index < -0.39 is 10.1 Å². The lowest BCUT2D eigenvalue weighted by Gasteiger charge is -2.10. The largest absolute Gasteiger partial charge is 0.298 e. The van der Waals surface area contributed by atoms with Crippen molar-refractivity contribution in [2.45, 2.75) is 11.3 Å². The third-order valence-electron chi connectivity index (χ3n) is 3.36. The Morgan fingerprint density at radius 1 is 1.11 bits per heavy atom. The van der Waals surface area contributed by atoms with Crippen molar-refractivity contribution in [2.75, 3.05) is 7.11 Å². The van der Waals surface area contributed by atoms with E-state index >= 15 is 0 Å². The van der Waals surface area contributed by atoms with Gasteiger partial charge in [0.1, 0.15) is 4.90 Å². The quantitative estimate of drug-likeness (QED) is 0.682. The van der Waals surface area contributed by atoms with E-state index in [4.69, 9.17) is 11.6 Å². The van der Waals surface area contributed by atoms with Crippen LogP contribution >= 0.6 is 11.6 Å². The zero-order valence-electron chi connectivity index (χ0n) is 10.2. The van der Waals surface area contributed by atoms with Gasteiger partial charge in [-0.05, 0) is 28.3 Å². The summed E-state index contributed by atoms with van der Waals surface area (Å²) in [6.45, 7) is 0. The van der Waals surface area contributed by atoms with E-state index in [0.717, 1.165) is 29.4 Å². The lowest BCUT2D eigenvalue weighted by molar-refractivity contribution is 0.397. The van der Waals surface area contributed by atoms with Crippen LogP contribution in [0.3, 0.4) is 0 Å². The molecule has 98 valence electrons. The van der Waals surface area contributed by atoms with Crippen molar-refractivity contribution < 1.29 is 12.6 Å². The number of fused-ring (bicyclic) bond motifs is 3. The lowest BCUT2D eigenvalue weighted by atomic mass is 10.1. The molecule has 0 spiro atoms. The van der Waals surface area contributed by atoms with E-state index in [1.807, 2.05) is 30.3 Å². The van der Waals surface area contributed by atoms with Crippen LogP contribution in [0, 0.1) is 0 Å². The first-order valence-electron chi connectivity index (χ1n) is 5.75. The van der Waals surface area contributed by atoms with Crippen LogP contribution in [0.2, 0.25) is 5.02 Å². The molecule has 19 heavy (non-hydrogen) atoms. The van der Waals surface area contributed by atoms with Crippen molar-refractivity contribution in [2.24, 2.45) is 0 Å². The van der Waals surface area contributed by atoms with E-state index in [2.05, 4.69) is 4.18 Å². The molecule has 0 atom stereocenters. The van der Waals surface area contributed by atoms with Crippen molar-refractivity contribution in [3.05, 3.63) is 52.5 Å². The summed E-state index contributed by atoms with van der Waals surface area (Å²) < 4.78 is 28.7. The van der Waals surface area contributed by atoms with Crippen LogP contribution in [0.25, 0.3) is 11.1 Å². The second-order valence-electron chi connectivity index (χ2n) is 4.36. The van der Waals surface area contributed by atoms with Gasteiger partial charge in [0.15, 0.2) is 0 Å². The number of halogens is 1. The molecule has 0 aliphatic heterocycles. The maximum atomic E-state index is 12.0. The van der Waals surface area contributed by atoms with Crippen LogP contribution in [-0.4, -0.2) is 15.5 Å². The van der Waals surface area contributed by atoms with Crippen molar-refractivity contribution in [3.63, 3.8) is 0 Å². The summed E-state index contributed by atoms with van der Waals surface area (Å²) in [5.74, 6) is 0. The summed E-state index contributed by atoms with van der Waals surface area (Å²) in [7, 11) is -2.66. The zero-order chi connectivity index (χ0) is 13.6. The van der Waals surface area contributed by atoms with Crippen LogP contribution < -0.4 is 0 Å². The third-order valence-corrected chi connectivity index (χ3v) is 5.19. The molecule has 0 bridgehead atoms. The van der Waals surface area contributed by atoms with Gasteiger partial charge < -0.3 is 0 Å². The first-order valence-corrected chi connectivity index (χ1v) is 7.53. The van der Waals surface area contributed by atoms with Crippen LogP contribution in [0.4, 0.5) is 0 Å². The van der Waals surface area contributed by atoms with Crippen LogP contribution in [0.15, 0.2) is 41.3 Å². The van der Waals surface area contributed by atoms with Crippen molar-refractivity contribution in [1.29, 1.82) is 0 Å². The third kappa shape index (κ3) is 1.87. The van der Waals surface area contributed by atoms with E-state index in [1.165, 1.54) is 0 Å². The van der Waals surface area contributed by atoms with E-state index in [1.54, 1.807) is 6.07 Å². The highest BCUT2D eigenvalue weighted by Crippen LogP contribution is 2.42. The molecule has 3 rings (SSSR count). The highest BCUT2D eigenvalue weighted by Gasteiger charge is 2.29. The fourth-order valence-corrected chi connectivity index (χ4v) is 3.93. The highest BCUT2D eigenvalue weighted by molar-refractivity contribution is 7.87. The van der Waals surface area contributed by atoms with Gasteiger partial charge in [-0.15, -0.1) is 0 Å². The zero-order valence-corrected chi connectivity index (χ0v) is 11.8. The first kappa shape index (κ1) is 12.7. The van der Waals surface area contributed by atoms with Gasteiger partial charge in [0.05, 0.1) is 12.1 Å². The Kier molecular flexibility index (Phi) is 2.89. The molecule has 1 aliphatic carbocycles. The minimum absolute atomic E-state index is 0.0883. The SMILES string of the molecule is COS(=O)(=O)c1c(Cl)ccc2c1Cc1ccccc1-2. The second-order valence-corrected chi connectivity index (χ2v) is 6.41. The molecule has 0 fully saturated rings. The Labute approximate surface area is 116 Å². The summed E-state index contributed by atoms with van der Waals surface area (Å²) >= 11 is 6.05. The fraction of sp³-hybridized carbons (Fsp3) is 0.143. The number of rotatable bonds is 2. The Hall–Kier alpha value is -1.36. The fourth-order valence-electron chi connectivity index (χ4n) is 2.51. The molecule has 0 radical (unpaired) electrons. The maximum absolute atomic E-state index is 12.0. The predicted octanol–water partition coefficient (Wildman–Crippen LogP) is 3.25. The second kappa shape index (κ2) is 4.34. The van der Waals surface area contributed by atoms with Gasteiger partial charge in [0.2, 0.25) is 0 Å². The standard InChI is InChI=1S/C14H11ClO3S/c1-18-19(16,17)14-12-8-9-4-2-3-5-10(9)11(12)6-7-13(14)15/h2-7H,8H2,1H3. The van der Waals surface area contributed by atoms with Gasteiger partial charge in [-0.2, -0.15) is 8.42 Å². The normalized spacial score (nSPS) is 13.2. The molecular weight excluding hydrogens is 284 g/mol. The molecule has 0 aromatic heterocycles. The Bertz CT molecular complexity index is 766. The van der Waals surface area contributed by atoms with Gasteiger partial charge in [-0.25, -0.2) is 0 Å². The summed E-state index contributed by atoms with van der Waals surface area (Å²) in [4.78, 5) is 0.0883. The first-order chi connectivity index (χ1) is 9.04. The number of hydrogen-bond acceptors (Lipinski definition) is 3. The molecule has 2 aromatic rings. The number of benzene rings is 2. The molecule has 0 saturated heterocycles. The van der Waals surface area contributed by atoms with Crippen molar-refractivity contribution in [1.82, 2.24) is 0 Å². The summed E-state index contributed by atoms with van der Waals surface area (Å²) in [5, 5.41) is 0.202. The number of hydrogen-bond donors (Lipinski definition) is 0. The summed E-state index contributed by atoms with van der Waals surface area (Å²) in [6.07, 6.45) is 0.560. The van der Waals surface area contributed by atoms with E-state index in [-0.39, 0.29) is 9.92 Å². The van der Waals surface area contributed by atoms with E-state index in [9.17, 15) is 8.42 Å². The maximum Gasteiger partial charge on any atom is 0.298 e. The Morgan fingerprint density at radius 3 is 2.58 bits per heavy atom. The predicted molar refractivity (Wildman–Crippen MR) is 73.9 cm³/mol. The lowest BCUT2D eigenvalue weighted by Crippen LogP contribution is -2.07. The van der Waals surface area contributed by atoms with Crippen molar-refractivity contribution >= 4 is 21.7 Å². The topological polar surface area (TPSA) is 43.4 Å². The molecule has 0 unspecified atom stereocenters. The molecule has 0 N–H and O–H groups in total. The smallest absolute Gasteiger partial charge is 0.270 e. The molecular formula is C14H11ClO3S. The van der Waals surface area contributed by atoms with Gasteiger partial charge in [0, 0.05) is 6.42 Å². The van der Waals surface area contributed by atoms with Crippen LogP contribution in [0.1, 0.15) is 11.1 Å². The minimum Gasteiger partial charge on any atom is -0.270 e. The summed E-state index contributed by atoms with van der Waals surface area (Å²) in [5.41, 5.74) is 3.79. The monoisotopic (exact) mass is 294 g/mol. The highest BCUT2D eigenvalue weighted by atomic mass is 35.5. The molecule has 0 amide bonds. The van der Waals surface area contributed by atoms with Crippen LogP contribution in [-0.2, 0) is 20.7 Å². The Morgan fingerprint density at radius 2 is 1.84 bits per heavy atom. The molecule has 3 nitrogen and oxygen atoms in total. The van der Waals surface area contributed by atoms with Gasteiger partial charge in [-0.1, -0.05) is 41.9 Å². The van der Waals surface area contributed by atoms with Gasteiger partial charge in [0.25, 0.3) is 10.1 Å². The molecule has 5 heteroatoms. The minimum atomic E-state index is -3.80. The Balaban J connectivity index is 2.32. The van der Waals surface area contributed by atoms with Crippen molar-refractivity contribution in [3.8, 4) is 11.1 Å². The van der Waals surface area contributed by atoms with Gasteiger partial charge in [-0.3, -0.25) is 4.18 Å². The van der Waals surface area contributed by atoms with E-state index in [0.29, 0.717) is 6.42 Å². The molecule has 2 aromatic carbocycles.